The lowest BCUT2D eigenvalue weighted by Crippen LogP contribution is -2.43. The van der Waals surface area contributed by atoms with Crippen LogP contribution in [0, 0.1) is 11.7 Å². The summed E-state index contributed by atoms with van der Waals surface area (Å²) in [5.41, 5.74) is 2.37. The number of benzene rings is 2. The van der Waals surface area contributed by atoms with Crippen LogP contribution in [-0.4, -0.2) is 29.0 Å². The number of fused-ring (bicyclic) bond motifs is 1. The van der Waals surface area contributed by atoms with Crippen molar-refractivity contribution >= 4 is 38.8 Å². The van der Waals surface area contributed by atoms with E-state index < -0.39 is 0 Å². The number of carbonyl (C=O) groups excluding carboxylic acids is 1. The second kappa shape index (κ2) is 7.68. The number of piperidine rings is 1. The van der Waals surface area contributed by atoms with Crippen LogP contribution in [0.2, 0.25) is 0 Å². The van der Waals surface area contributed by atoms with E-state index in [-0.39, 0.29) is 24.2 Å². The molecule has 1 aliphatic heterocycles. The van der Waals surface area contributed by atoms with Crippen LogP contribution in [0.4, 0.5) is 10.3 Å². The van der Waals surface area contributed by atoms with Crippen molar-refractivity contribution in [2.75, 3.05) is 18.0 Å². The first kappa shape index (κ1) is 18.0. The van der Waals surface area contributed by atoms with Crippen molar-refractivity contribution in [1.82, 2.24) is 15.3 Å². The first-order valence-corrected chi connectivity index (χ1v) is 9.81. The first-order chi connectivity index (χ1) is 13.1. The second-order valence-corrected chi connectivity index (χ2v) is 7.73. The van der Waals surface area contributed by atoms with Crippen LogP contribution >= 0.6 is 15.9 Å². The molecule has 1 amide bonds. The van der Waals surface area contributed by atoms with Gasteiger partial charge in [-0.25, -0.2) is 9.37 Å². The number of hydrogen-bond acceptors (Lipinski definition) is 3. The summed E-state index contributed by atoms with van der Waals surface area (Å²) in [5.74, 6) is 0.318. The highest BCUT2D eigenvalue weighted by molar-refractivity contribution is 9.10. The van der Waals surface area contributed by atoms with Gasteiger partial charge in [0.15, 0.2) is 0 Å². The number of rotatable bonds is 4. The summed E-state index contributed by atoms with van der Waals surface area (Å²) >= 11 is 3.47. The lowest BCUT2D eigenvalue weighted by molar-refractivity contribution is -0.125. The summed E-state index contributed by atoms with van der Waals surface area (Å²) in [4.78, 5) is 22.7. The predicted octanol–water partition coefficient (Wildman–Crippen LogP) is 4.00. The molecule has 1 atom stereocenters. The normalized spacial score (nSPS) is 17.3. The maximum Gasteiger partial charge on any atom is 0.225 e. The van der Waals surface area contributed by atoms with E-state index in [2.05, 4.69) is 36.1 Å². The summed E-state index contributed by atoms with van der Waals surface area (Å²) in [6, 6.07) is 12.4. The largest absolute Gasteiger partial charge is 0.352 e. The molecule has 0 saturated carbocycles. The zero-order valence-electron chi connectivity index (χ0n) is 14.7. The van der Waals surface area contributed by atoms with Crippen molar-refractivity contribution in [1.29, 1.82) is 0 Å². The Morgan fingerprint density at radius 1 is 1.33 bits per heavy atom. The molecule has 1 saturated heterocycles. The third kappa shape index (κ3) is 3.98. The molecule has 1 aliphatic rings. The van der Waals surface area contributed by atoms with Gasteiger partial charge in [-0.1, -0.05) is 34.1 Å². The number of anilines is 1. The van der Waals surface area contributed by atoms with E-state index in [1.165, 1.54) is 6.07 Å². The zero-order chi connectivity index (χ0) is 18.8. The van der Waals surface area contributed by atoms with Gasteiger partial charge in [-0.15, -0.1) is 0 Å². The van der Waals surface area contributed by atoms with Crippen molar-refractivity contribution in [3.63, 3.8) is 0 Å². The quantitative estimate of drug-likeness (QED) is 0.657. The van der Waals surface area contributed by atoms with Crippen LogP contribution in [0.15, 0.2) is 46.9 Å². The van der Waals surface area contributed by atoms with Gasteiger partial charge in [-0.05, 0) is 37.1 Å². The summed E-state index contributed by atoms with van der Waals surface area (Å²) in [6.45, 7) is 1.67. The van der Waals surface area contributed by atoms with Gasteiger partial charge >= 0.3 is 0 Å². The fourth-order valence-corrected chi connectivity index (χ4v) is 3.83. The predicted molar refractivity (Wildman–Crippen MR) is 107 cm³/mol. The summed E-state index contributed by atoms with van der Waals surface area (Å²) < 4.78 is 14.7. The van der Waals surface area contributed by atoms with Gasteiger partial charge in [0.05, 0.1) is 17.0 Å². The lowest BCUT2D eigenvalue weighted by Gasteiger charge is -2.31. The number of carbonyl (C=O) groups is 1. The smallest absolute Gasteiger partial charge is 0.225 e. The van der Waals surface area contributed by atoms with Crippen LogP contribution in [0.25, 0.3) is 11.0 Å². The molecule has 0 spiro atoms. The SMILES string of the molecule is O=C(NCc1ccccc1F)C1CCCN(c2nc3ccc(Br)cc3[nH]2)C1. The average molecular weight is 431 g/mol. The van der Waals surface area contributed by atoms with Crippen LogP contribution in [0.1, 0.15) is 18.4 Å². The van der Waals surface area contributed by atoms with E-state index >= 15 is 0 Å². The van der Waals surface area contributed by atoms with Crippen molar-refractivity contribution in [3.05, 3.63) is 58.3 Å². The lowest BCUT2D eigenvalue weighted by atomic mass is 9.97. The molecule has 4 rings (SSSR count). The molecule has 7 heteroatoms. The molecule has 3 aromatic rings. The third-order valence-electron chi connectivity index (χ3n) is 4.93. The Balaban J connectivity index is 1.42. The van der Waals surface area contributed by atoms with Crippen molar-refractivity contribution < 1.29 is 9.18 Å². The monoisotopic (exact) mass is 430 g/mol. The number of imidazole rings is 1. The van der Waals surface area contributed by atoms with E-state index in [9.17, 15) is 9.18 Å². The number of aromatic amines is 1. The Labute approximate surface area is 165 Å². The van der Waals surface area contributed by atoms with Crippen LogP contribution < -0.4 is 10.2 Å². The molecule has 0 radical (unpaired) electrons. The molecule has 0 aliphatic carbocycles. The molecule has 140 valence electrons. The van der Waals surface area contributed by atoms with Crippen molar-refractivity contribution in [2.24, 2.45) is 5.92 Å². The van der Waals surface area contributed by atoms with Gasteiger partial charge in [0.1, 0.15) is 5.82 Å². The van der Waals surface area contributed by atoms with Gasteiger partial charge in [0.2, 0.25) is 11.9 Å². The fraction of sp³-hybridized carbons (Fsp3) is 0.300. The van der Waals surface area contributed by atoms with E-state index in [0.29, 0.717) is 12.1 Å². The van der Waals surface area contributed by atoms with Crippen LogP contribution in [-0.2, 0) is 11.3 Å². The minimum absolute atomic E-state index is 0.0400. The van der Waals surface area contributed by atoms with Gasteiger partial charge in [-0.2, -0.15) is 0 Å². The minimum atomic E-state index is -0.295. The maximum atomic E-state index is 13.7. The molecule has 2 heterocycles. The maximum absolute atomic E-state index is 13.7. The number of nitrogens with one attached hydrogen (secondary N) is 2. The first-order valence-electron chi connectivity index (χ1n) is 9.01. The topological polar surface area (TPSA) is 61.0 Å². The Kier molecular flexibility index (Phi) is 5.11. The molecule has 5 nitrogen and oxygen atoms in total. The van der Waals surface area contributed by atoms with Crippen molar-refractivity contribution in [2.45, 2.75) is 19.4 Å². The molecular weight excluding hydrogens is 411 g/mol. The van der Waals surface area contributed by atoms with Gasteiger partial charge < -0.3 is 15.2 Å². The molecule has 27 heavy (non-hydrogen) atoms. The Morgan fingerprint density at radius 3 is 3.04 bits per heavy atom. The number of nitrogens with zero attached hydrogens (tertiary/aromatic N) is 2. The standard InChI is InChI=1S/C20H20BrFN4O/c21-15-7-8-17-18(10-15)25-20(24-17)26-9-3-5-14(12-26)19(27)23-11-13-4-1-2-6-16(13)22/h1-2,4,6-8,10,14H,3,5,9,11-12H2,(H,23,27)(H,24,25). The highest BCUT2D eigenvalue weighted by Crippen LogP contribution is 2.25. The summed E-state index contributed by atoms with van der Waals surface area (Å²) in [6.07, 6.45) is 1.74. The minimum Gasteiger partial charge on any atom is -0.352 e. The third-order valence-corrected chi connectivity index (χ3v) is 5.43. The average Bonchev–Trinajstić information content (AvgIpc) is 3.10. The van der Waals surface area contributed by atoms with Gasteiger partial charge in [-0.3, -0.25) is 4.79 Å². The molecule has 1 unspecified atom stereocenters. The Morgan fingerprint density at radius 2 is 2.19 bits per heavy atom. The highest BCUT2D eigenvalue weighted by Gasteiger charge is 2.27. The highest BCUT2D eigenvalue weighted by atomic mass is 79.9. The Hall–Kier alpha value is -2.41. The van der Waals surface area contributed by atoms with E-state index in [0.717, 1.165) is 40.8 Å². The molecule has 0 bridgehead atoms. The number of amides is 1. The molecule has 2 N–H and O–H groups in total. The van der Waals surface area contributed by atoms with Crippen molar-refractivity contribution in [3.8, 4) is 0 Å². The molecule has 1 fully saturated rings. The van der Waals surface area contributed by atoms with E-state index in [1.54, 1.807) is 18.2 Å². The summed E-state index contributed by atoms with van der Waals surface area (Å²) in [5, 5.41) is 2.87. The summed E-state index contributed by atoms with van der Waals surface area (Å²) in [7, 11) is 0. The Bertz CT molecular complexity index is 974. The van der Waals surface area contributed by atoms with E-state index in [4.69, 9.17) is 0 Å². The van der Waals surface area contributed by atoms with E-state index in [1.807, 2.05) is 18.2 Å². The van der Waals surface area contributed by atoms with Gasteiger partial charge in [0.25, 0.3) is 0 Å². The number of halogens is 2. The van der Waals surface area contributed by atoms with Crippen LogP contribution in [0.3, 0.4) is 0 Å². The number of hydrogen-bond donors (Lipinski definition) is 2. The second-order valence-electron chi connectivity index (χ2n) is 6.82. The molecular formula is C20H20BrFN4O. The number of aromatic nitrogens is 2. The molecule has 2 aromatic carbocycles. The van der Waals surface area contributed by atoms with Gasteiger partial charge in [0, 0.05) is 29.7 Å². The number of H-pyrrole nitrogens is 1. The fourth-order valence-electron chi connectivity index (χ4n) is 3.47. The molecule has 1 aromatic heterocycles. The zero-order valence-corrected chi connectivity index (χ0v) is 16.3. The van der Waals surface area contributed by atoms with Crippen LogP contribution in [0.5, 0.6) is 0 Å².